The van der Waals surface area contributed by atoms with Crippen LogP contribution in [0.15, 0.2) is 42.7 Å². The number of nitrogens with zero attached hydrogens (tertiary/aromatic N) is 1. The first-order chi connectivity index (χ1) is 9.22. The maximum atomic E-state index is 13.6. The molecule has 0 bridgehead atoms. The molecule has 0 aliphatic heterocycles. The maximum Gasteiger partial charge on any atom is 0.149 e. The van der Waals surface area contributed by atoms with E-state index in [0.717, 1.165) is 18.5 Å². The summed E-state index contributed by atoms with van der Waals surface area (Å²) < 4.78 is 13.6. The summed E-state index contributed by atoms with van der Waals surface area (Å²) in [5, 5.41) is 3.44. The number of hydrogen-bond donors (Lipinski definition) is 1. The van der Waals surface area contributed by atoms with Crippen LogP contribution in [0.3, 0.4) is 0 Å². The Hall–Kier alpha value is -1.74. The van der Waals surface area contributed by atoms with Crippen molar-refractivity contribution in [2.45, 2.75) is 26.3 Å². The molecule has 2 rings (SSSR count). The highest BCUT2D eigenvalue weighted by atomic mass is 19.1. The first kappa shape index (κ1) is 13.7. The van der Waals surface area contributed by atoms with Crippen molar-refractivity contribution in [1.82, 2.24) is 10.3 Å². The molecule has 0 saturated heterocycles. The van der Waals surface area contributed by atoms with Crippen LogP contribution in [0, 0.1) is 5.82 Å². The van der Waals surface area contributed by atoms with Gasteiger partial charge in [0.2, 0.25) is 0 Å². The van der Waals surface area contributed by atoms with Crippen molar-refractivity contribution >= 4 is 0 Å². The third-order valence-corrected chi connectivity index (χ3v) is 3.19. The molecule has 0 amide bonds. The summed E-state index contributed by atoms with van der Waals surface area (Å²) in [4.78, 5) is 3.76. The second-order valence-corrected chi connectivity index (χ2v) is 4.65. The van der Waals surface area contributed by atoms with E-state index in [1.807, 2.05) is 24.3 Å². The summed E-state index contributed by atoms with van der Waals surface area (Å²) in [6, 6.07) is 10.0. The van der Waals surface area contributed by atoms with Gasteiger partial charge >= 0.3 is 0 Å². The Labute approximate surface area is 113 Å². The van der Waals surface area contributed by atoms with Gasteiger partial charge in [-0.3, -0.25) is 4.98 Å². The zero-order chi connectivity index (χ0) is 13.7. The van der Waals surface area contributed by atoms with Gasteiger partial charge in [-0.15, -0.1) is 0 Å². The van der Waals surface area contributed by atoms with Gasteiger partial charge in [-0.2, -0.15) is 0 Å². The molecule has 1 N–H and O–H groups in total. The van der Waals surface area contributed by atoms with Gasteiger partial charge in [-0.25, -0.2) is 4.39 Å². The molecule has 0 spiro atoms. The minimum atomic E-state index is -0.285. The Kier molecular flexibility index (Phi) is 4.63. The Bertz CT molecular complexity index is 523. The summed E-state index contributed by atoms with van der Waals surface area (Å²) in [7, 11) is 0. The second kappa shape index (κ2) is 6.43. The highest BCUT2D eigenvalue weighted by Crippen LogP contribution is 2.23. The maximum absolute atomic E-state index is 13.6. The molecule has 1 aromatic carbocycles. The Morgan fingerprint density at radius 1 is 1.21 bits per heavy atom. The third-order valence-electron chi connectivity index (χ3n) is 3.19. The summed E-state index contributed by atoms with van der Waals surface area (Å²) in [6.07, 6.45) is 3.97. The van der Waals surface area contributed by atoms with Crippen LogP contribution in [0.5, 0.6) is 0 Å². The fraction of sp³-hybridized carbons (Fsp3) is 0.312. The fourth-order valence-electron chi connectivity index (χ4n) is 2.04. The van der Waals surface area contributed by atoms with E-state index < -0.39 is 0 Å². The lowest BCUT2D eigenvalue weighted by atomic mass is 10.0. The van der Waals surface area contributed by atoms with Crippen molar-refractivity contribution in [3.05, 3.63) is 54.1 Å². The summed E-state index contributed by atoms with van der Waals surface area (Å²) in [6.45, 7) is 5.29. The molecule has 19 heavy (non-hydrogen) atoms. The van der Waals surface area contributed by atoms with Gasteiger partial charge < -0.3 is 5.32 Å². The lowest BCUT2D eigenvalue weighted by Gasteiger charge is -2.14. The molecular formula is C16H19FN2. The van der Waals surface area contributed by atoms with Crippen molar-refractivity contribution in [1.29, 1.82) is 0 Å². The molecule has 0 aliphatic rings. The average molecular weight is 258 g/mol. The fourth-order valence-corrected chi connectivity index (χ4v) is 2.04. The lowest BCUT2D eigenvalue weighted by molar-refractivity contribution is 0.571. The highest BCUT2D eigenvalue weighted by Gasteiger charge is 2.07. The summed E-state index contributed by atoms with van der Waals surface area (Å²) >= 11 is 0. The molecule has 100 valence electrons. The molecular weight excluding hydrogens is 239 g/mol. The molecule has 1 unspecified atom stereocenters. The van der Waals surface area contributed by atoms with Gasteiger partial charge in [-0.05, 0) is 37.1 Å². The van der Waals surface area contributed by atoms with Gasteiger partial charge in [0.1, 0.15) is 5.82 Å². The van der Waals surface area contributed by atoms with Crippen LogP contribution in [-0.2, 0) is 0 Å². The Morgan fingerprint density at radius 2 is 1.95 bits per heavy atom. The van der Waals surface area contributed by atoms with Crippen molar-refractivity contribution < 1.29 is 4.39 Å². The zero-order valence-corrected chi connectivity index (χ0v) is 11.4. The van der Waals surface area contributed by atoms with Crippen molar-refractivity contribution in [2.24, 2.45) is 0 Å². The minimum absolute atomic E-state index is 0.285. The van der Waals surface area contributed by atoms with E-state index in [9.17, 15) is 4.39 Å². The van der Waals surface area contributed by atoms with Crippen molar-refractivity contribution in [3.8, 4) is 11.1 Å². The van der Waals surface area contributed by atoms with Gasteiger partial charge in [0.25, 0.3) is 0 Å². The van der Waals surface area contributed by atoms with Gasteiger partial charge in [0.05, 0.1) is 6.20 Å². The van der Waals surface area contributed by atoms with Crippen LogP contribution >= 0.6 is 0 Å². The van der Waals surface area contributed by atoms with Crippen molar-refractivity contribution in [2.75, 3.05) is 6.54 Å². The molecule has 0 saturated carbocycles. The molecule has 0 radical (unpaired) electrons. The number of benzene rings is 1. The second-order valence-electron chi connectivity index (χ2n) is 4.65. The highest BCUT2D eigenvalue weighted by molar-refractivity contribution is 5.63. The van der Waals surface area contributed by atoms with Crippen molar-refractivity contribution in [3.63, 3.8) is 0 Å². The van der Waals surface area contributed by atoms with Crippen LogP contribution in [0.4, 0.5) is 4.39 Å². The molecule has 1 atom stereocenters. The molecule has 0 aliphatic carbocycles. The van der Waals surface area contributed by atoms with Gasteiger partial charge in [0.15, 0.2) is 0 Å². The number of rotatable bonds is 5. The van der Waals surface area contributed by atoms with Crippen LogP contribution < -0.4 is 5.32 Å². The molecule has 2 aromatic rings. The first-order valence-electron chi connectivity index (χ1n) is 6.65. The summed E-state index contributed by atoms with van der Waals surface area (Å²) in [5.74, 6) is -0.285. The van der Waals surface area contributed by atoms with E-state index in [0.29, 0.717) is 11.6 Å². The van der Waals surface area contributed by atoms with Crippen LogP contribution in [0.2, 0.25) is 0 Å². The third kappa shape index (κ3) is 3.38. The molecule has 3 heteroatoms. The number of aromatic nitrogens is 1. The average Bonchev–Trinajstić information content (AvgIpc) is 2.45. The number of pyridine rings is 1. The van der Waals surface area contributed by atoms with E-state index in [4.69, 9.17) is 0 Å². The number of hydrogen-bond acceptors (Lipinski definition) is 2. The standard InChI is InChI=1S/C16H19FN2/c1-3-9-19-12(2)13-4-6-14(7-5-13)15-8-10-18-11-16(15)17/h4-8,10-12,19H,3,9H2,1-2H3. The topological polar surface area (TPSA) is 24.9 Å². The largest absolute Gasteiger partial charge is 0.310 e. The van der Waals surface area contributed by atoms with E-state index in [2.05, 4.69) is 24.1 Å². The Balaban J connectivity index is 2.17. The Morgan fingerprint density at radius 3 is 2.58 bits per heavy atom. The monoisotopic (exact) mass is 258 g/mol. The van der Waals surface area contributed by atoms with Gasteiger partial charge in [-0.1, -0.05) is 31.2 Å². The van der Waals surface area contributed by atoms with Crippen LogP contribution in [0.1, 0.15) is 31.9 Å². The van der Waals surface area contributed by atoms with Gasteiger partial charge in [0, 0.05) is 17.8 Å². The van der Waals surface area contributed by atoms with E-state index in [1.165, 1.54) is 11.8 Å². The lowest BCUT2D eigenvalue weighted by Crippen LogP contribution is -2.19. The molecule has 2 nitrogen and oxygen atoms in total. The summed E-state index contributed by atoms with van der Waals surface area (Å²) in [5.41, 5.74) is 2.69. The number of nitrogens with one attached hydrogen (secondary N) is 1. The molecule has 1 heterocycles. The molecule has 1 aromatic heterocycles. The normalized spacial score (nSPS) is 12.4. The van der Waals surface area contributed by atoms with E-state index in [1.54, 1.807) is 12.3 Å². The first-order valence-corrected chi connectivity index (χ1v) is 6.65. The number of halogens is 1. The zero-order valence-electron chi connectivity index (χ0n) is 11.4. The molecule has 0 fully saturated rings. The SMILES string of the molecule is CCCNC(C)c1ccc(-c2ccncc2F)cc1. The predicted molar refractivity (Wildman–Crippen MR) is 76.3 cm³/mol. The van der Waals surface area contributed by atoms with E-state index in [-0.39, 0.29) is 5.82 Å². The van der Waals surface area contributed by atoms with Crippen LogP contribution in [-0.4, -0.2) is 11.5 Å². The van der Waals surface area contributed by atoms with E-state index >= 15 is 0 Å². The smallest absolute Gasteiger partial charge is 0.149 e. The van der Waals surface area contributed by atoms with Crippen LogP contribution in [0.25, 0.3) is 11.1 Å². The minimum Gasteiger partial charge on any atom is -0.310 e. The quantitative estimate of drug-likeness (QED) is 0.878. The predicted octanol–water partition coefficient (Wildman–Crippen LogP) is 3.95.